The Morgan fingerprint density at radius 1 is 1.10 bits per heavy atom. The van der Waals surface area contributed by atoms with Crippen LogP contribution >= 0.6 is 0 Å². The van der Waals surface area contributed by atoms with E-state index in [0.29, 0.717) is 31.7 Å². The second-order valence-corrected chi connectivity index (χ2v) is 12.4. The number of nitrogens with zero attached hydrogens (tertiary/aromatic N) is 3. The Morgan fingerprint density at radius 2 is 1.93 bits per heavy atom. The highest BCUT2D eigenvalue weighted by Crippen LogP contribution is 2.39. The van der Waals surface area contributed by atoms with Crippen molar-refractivity contribution >= 4 is 34.4 Å². The number of nitrogens with one attached hydrogen (secondary N) is 2. The maximum absolute atomic E-state index is 13.8. The van der Waals surface area contributed by atoms with Gasteiger partial charge in [-0.25, -0.2) is 9.78 Å². The fourth-order valence-corrected chi connectivity index (χ4v) is 5.89. The van der Waals surface area contributed by atoms with E-state index < -0.39 is 5.60 Å². The summed E-state index contributed by atoms with van der Waals surface area (Å²) in [6.45, 7) is 12.0. The van der Waals surface area contributed by atoms with Gasteiger partial charge in [0.2, 0.25) is 0 Å². The van der Waals surface area contributed by atoms with Crippen LogP contribution < -0.4 is 10.2 Å². The van der Waals surface area contributed by atoms with Gasteiger partial charge in [-0.1, -0.05) is 32.0 Å². The van der Waals surface area contributed by atoms with Crippen molar-refractivity contribution in [3.63, 3.8) is 0 Å². The number of hydrogen-bond donors (Lipinski definition) is 2. The smallest absolute Gasteiger partial charge is 0.410 e. The Labute approximate surface area is 234 Å². The average molecular weight is 538 g/mol. The molecular weight excluding hydrogens is 502 g/mol. The summed E-state index contributed by atoms with van der Waals surface area (Å²) in [5.74, 6) is -0.0299. The Bertz CT molecular complexity index is 1630. The SMILES string of the molecule is CC(C)(C)OC(=O)N1Cc2cc(N3Cc4cccc(NCc5c[nH]c6ncccc56)c4C3=O)ccc2C(C)(C)C1. The van der Waals surface area contributed by atoms with E-state index in [1.54, 1.807) is 11.1 Å². The maximum Gasteiger partial charge on any atom is 0.410 e. The van der Waals surface area contributed by atoms with Crippen molar-refractivity contribution in [1.82, 2.24) is 14.9 Å². The molecule has 2 aliphatic rings. The van der Waals surface area contributed by atoms with Crippen molar-refractivity contribution < 1.29 is 14.3 Å². The van der Waals surface area contributed by atoms with Gasteiger partial charge in [-0.3, -0.25) is 4.79 Å². The number of rotatable bonds is 4. The molecule has 8 heteroatoms. The van der Waals surface area contributed by atoms with Crippen LogP contribution in [0.15, 0.2) is 60.9 Å². The van der Waals surface area contributed by atoms with Gasteiger partial charge in [0.15, 0.2) is 0 Å². The Balaban J connectivity index is 1.25. The standard InChI is InChI=1S/C32H35N5O3/c1-31(2,3)40-30(39)36-17-21-14-23(11-12-25(21)32(4,5)19-36)37-18-20-8-6-10-26(27(20)29(37)38)34-15-22-16-35-28-24(22)9-7-13-33-28/h6-14,16,34H,15,17-19H2,1-5H3,(H,33,35). The van der Waals surface area contributed by atoms with E-state index in [1.165, 1.54) is 5.56 Å². The monoisotopic (exact) mass is 537 g/mol. The zero-order chi connectivity index (χ0) is 28.2. The molecule has 2 aromatic heterocycles. The van der Waals surface area contributed by atoms with Crippen LogP contribution in [0.25, 0.3) is 11.0 Å². The molecule has 6 rings (SSSR count). The van der Waals surface area contributed by atoms with E-state index in [-0.39, 0.29) is 17.4 Å². The van der Waals surface area contributed by atoms with Crippen molar-refractivity contribution in [3.05, 3.63) is 88.7 Å². The topological polar surface area (TPSA) is 90.6 Å². The van der Waals surface area contributed by atoms with Gasteiger partial charge in [-0.05, 0) is 73.4 Å². The average Bonchev–Trinajstić information content (AvgIpc) is 3.47. The molecule has 206 valence electrons. The maximum atomic E-state index is 13.8. The largest absolute Gasteiger partial charge is 0.444 e. The van der Waals surface area contributed by atoms with Crippen molar-refractivity contribution in [1.29, 1.82) is 0 Å². The van der Waals surface area contributed by atoms with E-state index in [1.807, 2.05) is 68.3 Å². The van der Waals surface area contributed by atoms with Gasteiger partial charge in [0.05, 0.1) is 12.1 Å². The molecule has 2 N–H and O–H groups in total. The van der Waals surface area contributed by atoms with Crippen LogP contribution in [0.5, 0.6) is 0 Å². The molecule has 0 saturated carbocycles. The highest BCUT2D eigenvalue weighted by atomic mass is 16.6. The first-order valence-electron chi connectivity index (χ1n) is 13.7. The number of amides is 2. The van der Waals surface area contributed by atoms with Gasteiger partial charge in [-0.15, -0.1) is 0 Å². The third-order valence-corrected chi connectivity index (χ3v) is 7.67. The lowest BCUT2D eigenvalue weighted by atomic mass is 9.78. The number of carbonyl (C=O) groups is 2. The Morgan fingerprint density at radius 3 is 2.73 bits per heavy atom. The number of hydrogen-bond acceptors (Lipinski definition) is 5. The van der Waals surface area contributed by atoms with Gasteiger partial charge in [-0.2, -0.15) is 0 Å². The van der Waals surface area contributed by atoms with E-state index in [2.05, 4.69) is 41.3 Å². The molecule has 8 nitrogen and oxygen atoms in total. The molecule has 0 aliphatic carbocycles. The van der Waals surface area contributed by atoms with Gasteiger partial charge < -0.3 is 24.8 Å². The van der Waals surface area contributed by atoms with Gasteiger partial charge >= 0.3 is 6.09 Å². The van der Waals surface area contributed by atoms with E-state index in [9.17, 15) is 9.59 Å². The molecular formula is C32H35N5O3. The zero-order valence-corrected chi connectivity index (χ0v) is 23.7. The fourth-order valence-electron chi connectivity index (χ4n) is 5.89. The molecule has 40 heavy (non-hydrogen) atoms. The number of ether oxygens (including phenoxy) is 1. The van der Waals surface area contributed by atoms with Crippen LogP contribution in [0.1, 0.15) is 67.2 Å². The lowest BCUT2D eigenvalue weighted by molar-refractivity contribution is 0.0174. The third kappa shape index (κ3) is 4.68. The summed E-state index contributed by atoms with van der Waals surface area (Å²) in [5.41, 5.74) is 6.71. The summed E-state index contributed by atoms with van der Waals surface area (Å²) in [5, 5.41) is 4.55. The van der Waals surface area contributed by atoms with Crippen molar-refractivity contribution in [2.75, 3.05) is 16.8 Å². The fraction of sp³-hybridized carbons (Fsp3) is 0.344. The molecule has 0 fully saturated rings. The zero-order valence-electron chi connectivity index (χ0n) is 23.7. The molecule has 0 spiro atoms. The highest BCUT2D eigenvalue weighted by Gasteiger charge is 2.37. The van der Waals surface area contributed by atoms with Gasteiger partial charge in [0.1, 0.15) is 11.2 Å². The lowest BCUT2D eigenvalue weighted by Gasteiger charge is -2.40. The molecule has 2 amide bonds. The molecule has 0 atom stereocenters. The normalized spacial score (nSPS) is 16.2. The van der Waals surface area contributed by atoms with Crippen LogP contribution in [-0.2, 0) is 29.8 Å². The first-order valence-corrected chi connectivity index (χ1v) is 13.7. The van der Waals surface area contributed by atoms with Crippen LogP contribution in [-0.4, -0.2) is 39.0 Å². The van der Waals surface area contributed by atoms with Crippen LogP contribution in [0.4, 0.5) is 16.2 Å². The third-order valence-electron chi connectivity index (χ3n) is 7.67. The Kier molecular flexibility index (Phi) is 6.09. The number of carbonyl (C=O) groups excluding carboxylic acids is 2. The van der Waals surface area contributed by atoms with E-state index in [0.717, 1.165) is 39.1 Å². The van der Waals surface area contributed by atoms with Crippen LogP contribution in [0.2, 0.25) is 0 Å². The minimum Gasteiger partial charge on any atom is -0.444 e. The van der Waals surface area contributed by atoms with Crippen molar-refractivity contribution in [3.8, 4) is 0 Å². The number of aromatic amines is 1. The van der Waals surface area contributed by atoms with Gasteiger partial charge in [0, 0.05) is 54.2 Å². The molecule has 0 radical (unpaired) electrons. The highest BCUT2D eigenvalue weighted by molar-refractivity contribution is 6.13. The summed E-state index contributed by atoms with van der Waals surface area (Å²) < 4.78 is 5.67. The minimum atomic E-state index is -0.562. The Hall–Kier alpha value is -4.33. The lowest BCUT2D eigenvalue weighted by Crippen LogP contribution is -2.46. The first-order chi connectivity index (χ1) is 19.0. The summed E-state index contributed by atoms with van der Waals surface area (Å²) in [4.78, 5) is 37.9. The molecule has 2 aliphatic heterocycles. The second kappa shape index (κ2) is 9.40. The van der Waals surface area contributed by atoms with E-state index in [4.69, 9.17) is 4.74 Å². The number of pyridine rings is 1. The molecule has 0 bridgehead atoms. The number of H-pyrrole nitrogens is 1. The molecule has 0 saturated heterocycles. The summed E-state index contributed by atoms with van der Waals surface area (Å²) in [6, 6.07) is 16.1. The number of aromatic nitrogens is 2. The van der Waals surface area contributed by atoms with Crippen LogP contribution in [0, 0.1) is 0 Å². The minimum absolute atomic E-state index is 0.0299. The van der Waals surface area contributed by atoms with E-state index >= 15 is 0 Å². The molecule has 2 aromatic carbocycles. The summed E-state index contributed by atoms with van der Waals surface area (Å²) in [6.07, 6.45) is 3.41. The molecule has 0 unspecified atom stereocenters. The molecule has 4 aromatic rings. The first kappa shape index (κ1) is 25.9. The van der Waals surface area contributed by atoms with Crippen LogP contribution in [0.3, 0.4) is 0 Å². The van der Waals surface area contributed by atoms with Gasteiger partial charge in [0.25, 0.3) is 5.91 Å². The van der Waals surface area contributed by atoms with Crippen molar-refractivity contribution in [2.24, 2.45) is 0 Å². The predicted octanol–water partition coefficient (Wildman–Crippen LogP) is 6.36. The summed E-state index contributed by atoms with van der Waals surface area (Å²) in [7, 11) is 0. The quantitative estimate of drug-likeness (QED) is 0.316. The predicted molar refractivity (Wildman–Crippen MR) is 156 cm³/mol. The number of anilines is 2. The summed E-state index contributed by atoms with van der Waals surface area (Å²) >= 11 is 0. The number of benzene rings is 2. The number of fused-ring (bicyclic) bond motifs is 3. The molecule has 4 heterocycles. The second-order valence-electron chi connectivity index (χ2n) is 12.4. The van der Waals surface area contributed by atoms with Crippen molar-refractivity contribution in [2.45, 2.75) is 65.3 Å².